The molecule has 0 fully saturated rings. The molecule has 0 radical (unpaired) electrons. The van der Waals surface area contributed by atoms with Crippen LogP contribution in [-0.2, 0) is 12.8 Å². The van der Waals surface area contributed by atoms with Crippen LogP contribution in [0.4, 0.5) is 0 Å². The average Bonchev–Trinajstić information content (AvgIpc) is 2.78. The van der Waals surface area contributed by atoms with Crippen molar-refractivity contribution in [2.45, 2.75) is 18.9 Å². The van der Waals surface area contributed by atoms with E-state index in [-0.39, 0.29) is 0 Å². The number of nitrogens with one attached hydrogen (secondary N) is 1. The highest BCUT2D eigenvalue weighted by atomic mass is 127. The van der Waals surface area contributed by atoms with Crippen molar-refractivity contribution >= 4 is 33.9 Å². The predicted molar refractivity (Wildman–Crippen MR) is 81.6 cm³/mol. The molecule has 0 unspecified atom stereocenters. The minimum absolute atomic E-state index is 0.511. The maximum atomic E-state index is 3.64. The van der Waals surface area contributed by atoms with Crippen LogP contribution in [0, 0.1) is 3.57 Å². The largest absolute Gasteiger partial charge is 0.309 e. The van der Waals surface area contributed by atoms with Crippen molar-refractivity contribution in [2.24, 2.45) is 0 Å². The van der Waals surface area contributed by atoms with Gasteiger partial charge in [0.15, 0.2) is 0 Å². The third kappa shape index (κ3) is 2.56. The molecule has 1 N–H and O–H groups in total. The van der Waals surface area contributed by atoms with Gasteiger partial charge in [0.1, 0.15) is 0 Å². The van der Waals surface area contributed by atoms with Gasteiger partial charge in [0, 0.05) is 14.5 Å². The lowest BCUT2D eigenvalue weighted by molar-refractivity contribution is 0.512. The first kappa shape index (κ1) is 11.7. The van der Waals surface area contributed by atoms with Gasteiger partial charge < -0.3 is 5.32 Å². The Balaban J connectivity index is 1.84. The molecule has 0 spiro atoms. The van der Waals surface area contributed by atoms with Gasteiger partial charge in [0.05, 0.1) is 0 Å². The molecule has 1 aliphatic heterocycles. The molecule has 1 aromatic heterocycles. The topological polar surface area (TPSA) is 12.0 Å². The number of hydrogen-bond acceptors (Lipinski definition) is 2. The standard InChI is InChI=1S/C14H14INS/c15-12-3-1-2-10(8-12)9-13-14-11(4-6-16-13)5-7-17-14/h1-3,5,7-8,13,16H,4,6,9H2/t13-/m0/s1. The van der Waals surface area contributed by atoms with E-state index in [1.165, 1.54) is 20.4 Å². The summed E-state index contributed by atoms with van der Waals surface area (Å²) in [5, 5.41) is 5.86. The van der Waals surface area contributed by atoms with E-state index >= 15 is 0 Å². The number of thiophene rings is 1. The number of hydrogen-bond donors (Lipinski definition) is 1. The number of benzene rings is 1. The summed E-state index contributed by atoms with van der Waals surface area (Å²) in [6.45, 7) is 1.11. The lowest BCUT2D eigenvalue weighted by Crippen LogP contribution is -2.29. The van der Waals surface area contributed by atoms with Crippen molar-refractivity contribution in [3.63, 3.8) is 0 Å². The fraction of sp³-hybridized carbons (Fsp3) is 0.286. The molecule has 88 valence electrons. The normalized spacial score (nSPS) is 19.0. The van der Waals surface area contributed by atoms with Crippen molar-refractivity contribution < 1.29 is 0 Å². The molecule has 2 aromatic rings. The zero-order chi connectivity index (χ0) is 11.7. The van der Waals surface area contributed by atoms with Gasteiger partial charge in [-0.15, -0.1) is 11.3 Å². The number of rotatable bonds is 2. The smallest absolute Gasteiger partial charge is 0.0458 e. The molecule has 1 aromatic carbocycles. The third-order valence-electron chi connectivity index (χ3n) is 3.21. The minimum Gasteiger partial charge on any atom is -0.309 e. The van der Waals surface area contributed by atoms with Crippen LogP contribution in [0.3, 0.4) is 0 Å². The summed E-state index contributed by atoms with van der Waals surface area (Å²) in [6, 6.07) is 11.6. The van der Waals surface area contributed by atoms with E-state index in [1.54, 1.807) is 5.56 Å². The lowest BCUT2D eigenvalue weighted by Gasteiger charge is -2.24. The van der Waals surface area contributed by atoms with Gasteiger partial charge in [-0.3, -0.25) is 0 Å². The average molecular weight is 355 g/mol. The molecule has 0 aliphatic carbocycles. The summed E-state index contributed by atoms with van der Waals surface area (Å²) in [7, 11) is 0. The van der Waals surface area contributed by atoms with Crippen LogP contribution in [0.5, 0.6) is 0 Å². The van der Waals surface area contributed by atoms with E-state index in [0.29, 0.717) is 6.04 Å². The van der Waals surface area contributed by atoms with E-state index < -0.39 is 0 Å². The third-order valence-corrected chi connectivity index (χ3v) is 4.95. The molecule has 3 rings (SSSR count). The second kappa shape index (κ2) is 5.08. The molecular weight excluding hydrogens is 341 g/mol. The highest BCUT2D eigenvalue weighted by Gasteiger charge is 2.20. The molecule has 1 nitrogen and oxygen atoms in total. The lowest BCUT2D eigenvalue weighted by atomic mass is 9.98. The Morgan fingerprint density at radius 3 is 3.18 bits per heavy atom. The van der Waals surface area contributed by atoms with E-state index in [0.717, 1.165) is 13.0 Å². The van der Waals surface area contributed by atoms with Crippen molar-refractivity contribution in [1.82, 2.24) is 5.32 Å². The first-order chi connectivity index (χ1) is 8.33. The Bertz CT molecular complexity index is 520. The van der Waals surface area contributed by atoms with Gasteiger partial charge in [-0.2, -0.15) is 0 Å². The van der Waals surface area contributed by atoms with Crippen molar-refractivity contribution in [1.29, 1.82) is 0 Å². The van der Waals surface area contributed by atoms with Crippen LogP contribution in [0.15, 0.2) is 35.7 Å². The molecule has 17 heavy (non-hydrogen) atoms. The molecular formula is C14H14INS. The SMILES string of the molecule is Ic1cccc(C[C@@H]2NCCc3ccsc32)c1. The van der Waals surface area contributed by atoms with Gasteiger partial charge in [-0.05, 0) is 76.7 Å². The molecule has 0 bridgehead atoms. The van der Waals surface area contributed by atoms with Crippen molar-refractivity contribution in [2.75, 3.05) is 6.54 Å². The summed E-state index contributed by atoms with van der Waals surface area (Å²) in [4.78, 5) is 1.54. The highest BCUT2D eigenvalue weighted by Crippen LogP contribution is 2.30. The van der Waals surface area contributed by atoms with Crippen molar-refractivity contribution in [3.8, 4) is 0 Å². The zero-order valence-corrected chi connectivity index (χ0v) is 12.4. The van der Waals surface area contributed by atoms with Gasteiger partial charge in [0.25, 0.3) is 0 Å². The van der Waals surface area contributed by atoms with Crippen molar-refractivity contribution in [3.05, 3.63) is 55.3 Å². The Labute approximate surface area is 119 Å². The van der Waals surface area contributed by atoms with Gasteiger partial charge >= 0.3 is 0 Å². The quantitative estimate of drug-likeness (QED) is 0.809. The van der Waals surface area contributed by atoms with Crippen LogP contribution >= 0.6 is 33.9 Å². The Morgan fingerprint density at radius 1 is 1.35 bits per heavy atom. The monoisotopic (exact) mass is 355 g/mol. The number of fused-ring (bicyclic) bond motifs is 1. The molecule has 0 saturated heterocycles. The maximum Gasteiger partial charge on any atom is 0.0458 e. The zero-order valence-electron chi connectivity index (χ0n) is 9.45. The highest BCUT2D eigenvalue weighted by molar-refractivity contribution is 14.1. The second-order valence-corrected chi connectivity index (χ2v) is 6.59. The molecule has 2 heterocycles. The molecule has 0 saturated carbocycles. The Hall–Kier alpha value is -0.390. The summed E-state index contributed by atoms with van der Waals surface area (Å²) in [5.41, 5.74) is 2.97. The van der Waals surface area contributed by atoms with Crippen LogP contribution in [0.1, 0.15) is 22.0 Å². The van der Waals surface area contributed by atoms with E-state index in [2.05, 4.69) is 63.6 Å². The fourth-order valence-electron chi connectivity index (χ4n) is 2.40. The van der Waals surface area contributed by atoms with E-state index in [1.807, 2.05) is 11.3 Å². The van der Waals surface area contributed by atoms with Crippen LogP contribution in [-0.4, -0.2) is 6.54 Å². The Morgan fingerprint density at radius 2 is 2.29 bits per heavy atom. The second-order valence-electron chi connectivity index (χ2n) is 4.40. The fourth-order valence-corrected chi connectivity index (χ4v) is 4.04. The maximum absolute atomic E-state index is 3.64. The van der Waals surface area contributed by atoms with E-state index in [9.17, 15) is 0 Å². The van der Waals surface area contributed by atoms with Crippen LogP contribution in [0.2, 0.25) is 0 Å². The first-order valence-electron chi connectivity index (χ1n) is 5.87. The van der Waals surface area contributed by atoms with Crippen LogP contribution < -0.4 is 5.32 Å². The number of halogens is 1. The summed E-state index contributed by atoms with van der Waals surface area (Å²) < 4.78 is 1.32. The van der Waals surface area contributed by atoms with Gasteiger partial charge in [0.2, 0.25) is 0 Å². The summed E-state index contributed by atoms with van der Waals surface area (Å²) in [5.74, 6) is 0. The summed E-state index contributed by atoms with van der Waals surface area (Å²) in [6.07, 6.45) is 2.28. The molecule has 0 amide bonds. The van der Waals surface area contributed by atoms with Crippen LogP contribution in [0.25, 0.3) is 0 Å². The molecule has 3 heteroatoms. The molecule has 1 aliphatic rings. The molecule has 1 atom stereocenters. The first-order valence-corrected chi connectivity index (χ1v) is 7.83. The minimum atomic E-state index is 0.511. The predicted octanol–water partition coefficient (Wildman–Crippen LogP) is 3.78. The van der Waals surface area contributed by atoms with Gasteiger partial charge in [-0.1, -0.05) is 12.1 Å². The van der Waals surface area contributed by atoms with Gasteiger partial charge in [-0.25, -0.2) is 0 Å². The Kier molecular flexibility index (Phi) is 3.49. The summed E-state index contributed by atoms with van der Waals surface area (Å²) >= 11 is 4.27. The van der Waals surface area contributed by atoms with E-state index in [4.69, 9.17) is 0 Å².